The number of aromatic nitrogens is 6. The van der Waals surface area contributed by atoms with E-state index in [0.717, 1.165) is 29.5 Å². The number of carbonyl (C=O) groups excluding carboxylic acids is 2. The van der Waals surface area contributed by atoms with Gasteiger partial charge in [-0.25, -0.2) is 4.98 Å². The highest BCUT2D eigenvalue weighted by atomic mass is 16.3. The monoisotopic (exact) mass is 500 g/mol. The van der Waals surface area contributed by atoms with Gasteiger partial charge >= 0.3 is 0 Å². The van der Waals surface area contributed by atoms with Crippen LogP contribution in [-0.2, 0) is 0 Å². The molecule has 0 unspecified atom stereocenters. The van der Waals surface area contributed by atoms with E-state index in [9.17, 15) is 14.7 Å². The van der Waals surface area contributed by atoms with Crippen LogP contribution in [-0.4, -0.2) is 63.6 Å². The molecular formula is C26H28N8O3. The molecule has 11 nitrogen and oxygen atoms in total. The minimum absolute atomic E-state index is 0.0251. The maximum Gasteiger partial charge on any atom is 0.292 e. The van der Waals surface area contributed by atoms with Gasteiger partial charge in [0.15, 0.2) is 11.4 Å². The molecule has 4 atom stereocenters. The molecule has 2 bridgehead atoms. The molecule has 0 spiro atoms. The third-order valence-corrected chi connectivity index (χ3v) is 7.74. The normalized spacial score (nSPS) is 21.9. The number of hydrogen-bond acceptors (Lipinski definition) is 8. The number of carbonyl (C=O) groups is 2. The van der Waals surface area contributed by atoms with Gasteiger partial charge in [0.25, 0.3) is 5.91 Å². The van der Waals surface area contributed by atoms with E-state index in [1.165, 1.54) is 17.8 Å². The Balaban J connectivity index is 1.40. The van der Waals surface area contributed by atoms with Gasteiger partial charge in [-0.1, -0.05) is 24.3 Å². The number of piperidine rings is 1. The number of aliphatic hydroxyl groups is 1. The summed E-state index contributed by atoms with van der Waals surface area (Å²) in [6.45, 7) is 3.22. The van der Waals surface area contributed by atoms with Crippen molar-refractivity contribution in [2.75, 3.05) is 5.73 Å². The second-order valence-corrected chi connectivity index (χ2v) is 10.0. The van der Waals surface area contributed by atoms with Gasteiger partial charge in [0, 0.05) is 23.6 Å². The first-order valence-electron chi connectivity index (χ1n) is 12.5. The molecule has 1 aromatic carbocycles. The number of aliphatic hydroxyl groups excluding tert-OH is 1. The summed E-state index contributed by atoms with van der Waals surface area (Å²) in [5, 5.41) is 22.0. The van der Waals surface area contributed by atoms with Crippen molar-refractivity contribution < 1.29 is 14.7 Å². The van der Waals surface area contributed by atoms with E-state index in [0.29, 0.717) is 29.7 Å². The minimum atomic E-state index is -0.561. The molecule has 190 valence electrons. The molecule has 37 heavy (non-hydrogen) atoms. The summed E-state index contributed by atoms with van der Waals surface area (Å²) in [6.07, 6.45) is 5.70. The van der Waals surface area contributed by atoms with E-state index >= 15 is 0 Å². The molecule has 11 heteroatoms. The number of anilines is 1. The van der Waals surface area contributed by atoms with Crippen molar-refractivity contribution in [3.05, 3.63) is 59.4 Å². The van der Waals surface area contributed by atoms with Crippen molar-refractivity contribution in [2.24, 2.45) is 0 Å². The first kappa shape index (κ1) is 23.3. The van der Waals surface area contributed by atoms with Gasteiger partial charge in [0.05, 0.1) is 23.6 Å². The molecule has 5 heterocycles. The van der Waals surface area contributed by atoms with Crippen LogP contribution in [0.4, 0.5) is 5.82 Å². The second-order valence-electron chi connectivity index (χ2n) is 10.0. The number of benzene rings is 1. The third kappa shape index (κ3) is 3.77. The number of fused-ring (bicyclic) bond motifs is 3. The highest BCUT2D eigenvalue weighted by Crippen LogP contribution is 2.45. The molecule has 0 saturated carbocycles. The molecule has 2 saturated heterocycles. The lowest BCUT2D eigenvalue weighted by atomic mass is 9.85. The molecule has 4 N–H and O–H groups in total. The number of ketones is 1. The Morgan fingerprint density at radius 1 is 1.16 bits per heavy atom. The van der Waals surface area contributed by atoms with Gasteiger partial charge in [-0.2, -0.15) is 9.61 Å². The molecule has 0 radical (unpaired) electrons. The lowest BCUT2D eigenvalue weighted by Crippen LogP contribution is -2.46. The first-order chi connectivity index (χ1) is 17.8. The number of H-pyrrole nitrogens is 1. The number of amides is 1. The summed E-state index contributed by atoms with van der Waals surface area (Å²) in [7, 11) is 0. The van der Waals surface area contributed by atoms with Crippen LogP contribution in [0.15, 0.2) is 36.8 Å². The van der Waals surface area contributed by atoms with Crippen LogP contribution in [0.1, 0.15) is 83.8 Å². The van der Waals surface area contributed by atoms with Gasteiger partial charge in [0.1, 0.15) is 12.1 Å². The summed E-state index contributed by atoms with van der Waals surface area (Å²) in [4.78, 5) is 35.6. The molecule has 4 aromatic rings. The number of aromatic amines is 1. The summed E-state index contributed by atoms with van der Waals surface area (Å²) in [5.41, 5.74) is 10.7. The van der Waals surface area contributed by atoms with E-state index < -0.39 is 6.10 Å². The second kappa shape index (κ2) is 8.77. The number of nitrogens with zero attached hydrogens (tertiary/aromatic N) is 6. The maximum atomic E-state index is 13.1. The summed E-state index contributed by atoms with van der Waals surface area (Å²) in [6, 6.07) is 7.63. The summed E-state index contributed by atoms with van der Waals surface area (Å²) in [5.74, 6) is 0.188. The average Bonchev–Trinajstić information content (AvgIpc) is 3.62. The van der Waals surface area contributed by atoms with Gasteiger partial charge in [0.2, 0.25) is 5.82 Å². The third-order valence-electron chi connectivity index (χ3n) is 7.74. The zero-order chi connectivity index (χ0) is 25.8. The van der Waals surface area contributed by atoms with Gasteiger partial charge in [-0.3, -0.25) is 9.59 Å². The van der Waals surface area contributed by atoms with Gasteiger partial charge < -0.3 is 20.7 Å². The van der Waals surface area contributed by atoms with Crippen LogP contribution >= 0.6 is 0 Å². The first-order valence-corrected chi connectivity index (χ1v) is 12.5. The van der Waals surface area contributed by atoms with Crippen LogP contribution in [0.5, 0.6) is 0 Å². The fraction of sp³-hybridized carbons (Fsp3) is 0.385. The van der Waals surface area contributed by atoms with Crippen LogP contribution < -0.4 is 5.73 Å². The Morgan fingerprint density at radius 3 is 2.46 bits per heavy atom. The highest BCUT2D eigenvalue weighted by Gasteiger charge is 2.45. The number of nitrogen functional groups attached to an aromatic ring is 1. The van der Waals surface area contributed by atoms with Crippen molar-refractivity contribution in [3.8, 4) is 11.1 Å². The predicted octanol–water partition coefficient (Wildman–Crippen LogP) is 2.90. The Morgan fingerprint density at radius 2 is 1.86 bits per heavy atom. The minimum Gasteiger partial charge on any atom is -0.389 e. The van der Waals surface area contributed by atoms with E-state index in [2.05, 4.69) is 20.3 Å². The molecule has 3 aromatic heterocycles. The quantitative estimate of drug-likeness (QED) is 0.353. The Kier molecular flexibility index (Phi) is 5.52. The molecule has 2 aliphatic rings. The molecular weight excluding hydrogens is 472 g/mol. The highest BCUT2D eigenvalue weighted by molar-refractivity contribution is 6.00. The number of Topliss-reactive ketones (excluding diaryl/α,β-unsaturated/α-hetero) is 1. The van der Waals surface area contributed by atoms with E-state index in [4.69, 9.17) is 10.7 Å². The lowest BCUT2D eigenvalue weighted by Gasteiger charge is -2.38. The Labute approximate surface area is 212 Å². The molecule has 2 aliphatic heterocycles. The Bertz CT molecular complexity index is 1480. The largest absolute Gasteiger partial charge is 0.389 e. The van der Waals surface area contributed by atoms with E-state index in [-0.39, 0.29) is 41.3 Å². The topological polar surface area (TPSA) is 155 Å². The van der Waals surface area contributed by atoms with Crippen molar-refractivity contribution in [1.29, 1.82) is 0 Å². The van der Waals surface area contributed by atoms with Crippen molar-refractivity contribution >= 4 is 23.2 Å². The number of nitrogens with two attached hydrogens (primary N) is 1. The van der Waals surface area contributed by atoms with Crippen LogP contribution in [0.2, 0.25) is 0 Å². The number of rotatable bonds is 5. The summed E-state index contributed by atoms with van der Waals surface area (Å²) >= 11 is 0. The summed E-state index contributed by atoms with van der Waals surface area (Å²) < 4.78 is 1.52. The van der Waals surface area contributed by atoms with Crippen LogP contribution in [0.3, 0.4) is 0 Å². The fourth-order valence-corrected chi connectivity index (χ4v) is 6.00. The van der Waals surface area contributed by atoms with Crippen molar-refractivity contribution in [2.45, 2.75) is 63.6 Å². The number of hydrogen-bond donors (Lipinski definition) is 3. The Hall–Kier alpha value is -4.12. The smallest absolute Gasteiger partial charge is 0.292 e. The zero-order valence-corrected chi connectivity index (χ0v) is 20.6. The van der Waals surface area contributed by atoms with Gasteiger partial charge in [-0.15, -0.1) is 10.2 Å². The molecule has 0 aliphatic carbocycles. The van der Waals surface area contributed by atoms with E-state index in [1.807, 2.05) is 29.2 Å². The standard InChI is InChI=1S/C26H28N8O3/c1-13(35)15-3-5-16(6-4-15)20-11-30-34-23(27)21(14(2)36)22(31-25(20)34)17-9-18-7-8-19(10-17)33(18)26(37)24-28-12-29-32-24/h3-6,11-13,17-19,35H,7-10,27H2,1-2H3,(H,28,29,32)/t13-,17-,18-,19+/m1/s1. The fourth-order valence-electron chi connectivity index (χ4n) is 6.00. The molecule has 2 fully saturated rings. The predicted molar refractivity (Wildman–Crippen MR) is 135 cm³/mol. The average molecular weight is 501 g/mol. The van der Waals surface area contributed by atoms with Crippen LogP contribution in [0.25, 0.3) is 16.8 Å². The maximum absolute atomic E-state index is 13.1. The lowest BCUT2D eigenvalue weighted by molar-refractivity contribution is 0.0556. The molecule has 6 rings (SSSR count). The van der Waals surface area contributed by atoms with Crippen LogP contribution in [0, 0.1) is 0 Å². The molecule has 1 amide bonds. The van der Waals surface area contributed by atoms with Gasteiger partial charge in [-0.05, 0) is 50.7 Å². The van der Waals surface area contributed by atoms with Crippen molar-refractivity contribution in [1.82, 2.24) is 34.7 Å². The zero-order valence-electron chi connectivity index (χ0n) is 20.6. The SMILES string of the molecule is CC(=O)c1c([C@@H]2C[C@H]3CC[C@@H](C2)N3C(=O)c2nnc[nH]2)nc2c(-c3ccc([C@@H](C)O)cc3)cnn2c1N. The van der Waals surface area contributed by atoms with E-state index in [1.54, 1.807) is 13.1 Å². The number of nitrogens with one attached hydrogen (secondary N) is 1. The van der Waals surface area contributed by atoms with Crippen molar-refractivity contribution in [3.63, 3.8) is 0 Å².